The predicted octanol–water partition coefficient (Wildman–Crippen LogP) is 2.74. The number of nitrogens with zero attached hydrogens (tertiary/aromatic N) is 1. The third-order valence-corrected chi connectivity index (χ3v) is 3.43. The molecule has 128 valence electrons. The highest BCUT2D eigenvalue weighted by Gasteiger charge is 2.12. The Labute approximate surface area is 146 Å². The Morgan fingerprint density at radius 2 is 1.72 bits per heavy atom. The molecule has 2 rings (SSSR count). The van der Waals surface area contributed by atoms with Gasteiger partial charge in [0, 0.05) is 0 Å². The Bertz CT molecular complexity index is 804. The fourth-order valence-electron chi connectivity index (χ4n) is 2.22. The maximum atomic E-state index is 11.8. The first-order valence-corrected chi connectivity index (χ1v) is 7.65. The smallest absolute Gasteiger partial charge is 0.344 e. The van der Waals surface area contributed by atoms with Gasteiger partial charge in [-0.1, -0.05) is 30.3 Å². The number of amides is 1. The van der Waals surface area contributed by atoms with Gasteiger partial charge in [-0.2, -0.15) is 5.26 Å². The van der Waals surface area contributed by atoms with Crippen LogP contribution in [0.1, 0.15) is 16.7 Å². The molecule has 2 aromatic rings. The number of ether oxygens (including phenoxy) is 2. The molecule has 0 fully saturated rings. The lowest BCUT2D eigenvalue weighted by Crippen LogP contribution is -2.24. The topological polar surface area (TPSA) is 88.4 Å². The van der Waals surface area contributed by atoms with Crippen LogP contribution < -0.4 is 10.1 Å². The predicted molar refractivity (Wildman–Crippen MR) is 92.2 cm³/mol. The van der Waals surface area contributed by atoms with Crippen molar-refractivity contribution in [2.75, 3.05) is 18.5 Å². The molecule has 0 aliphatic heterocycles. The monoisotopic (exact) mass is 338 g/mol. The highest BCUT2D eigenvalue weighted by molar-refractivity contribution is 5.94. The number of aryl methyl sites for hydroxylation is 2. The Kier molecular flexibility index (Phi) is 6.13. The van der Waals surface area contributed by atoms with E-state index >= 15 is 0 Å². The molecule has 0 aromatic heterocycles. The van der Waals surface area contributed by atoms with Crippen molar-refractivity contribution in [1.29, 1.82) is 5.26 Å². The van der Waals surface area contributed by atoms with Crippen molar-refractivity contribution in [3.05, 3.63) is 59.2 Å². The third-order valence-electron chi connectivity index (χ3n) is 3.43. The second-order valence-electron chi connectivity index (χ2n) is 5.38. The number of hydrogen-bond donors (Lipinski definition) is 1. The van der Waals surface area contributed by atoms with E-state index < -0.39 is 18.5 Å². The van der Waals surface area contributed by atoms with E-state index in [4.69, 9.17) is 14.7 Å². The van der Waals surface area contributed by atoms with Gasteiger partial charge >= 0.3 is 5.97 Å². The molecule has 0 unspecified atom stereocenters. The fraction of sp³-hybridized carbons (Fsp3) is 0.211. The van der Waals surface area contributed by atoms with Gasteiger partial charge in [-0.15, -0.1) is 0 Å². The maximum Gasteiger partial charge on any atom is 0.344 e. The van der Waals surface area contributed by atoms with Crippen molar-refractivity contribution >= 4 is 17.6 Å². The van der Waals surface area contributed by atoms with Crippen LogP contribution in [0.5, 0.6) is 5.75 Å². The average molecular weight is 338 g/mol. The van der Waals surface area contributed by atoms with E-state index in [-0.39, 0.29) is 6.61 Å². The second kappa shape index (κ2) is 8.50. The van der Waals surface area contributed by atoms with E-state index in [1.54, 1.807) is 24.3 Å². The molecule has 1 N–H and O–H groups in total. The Morgan fingerprint density at radius 1 is 1.04 bits per heavy atom. The quantitative estimate of drug-likeness (QED) is 0.818. The molecule has 0 spiro atoms. The van der Waals surface area contributed by atoms with E-state index in [1.807, 2.05) is 38.1 Å². The second-order valence-corrected chi connectivity index (χ2v) is 5.38. The highest BCUT2D eigenvalue weighted by atomic mass is 16.6. The van der Waals surface area contributed by atoms with Gasteiger partial charge in [0.25, 0.3) is 5.91 Å². The number of esters is 1. The van der Waals surface area contributed by atoms with Gasteiger partial charge < -0.3 is 14.8 Å². The summed E-state index contributed by atoms with van der Waals surface area (Å²) in [7, 11) is 0. The van der Waals surface area contributed by atoms with E-state index in [1.165, 1.54) is 0 Å². The summed E-state index contributed by atoms with van der Waals surface area (Å²) in [5.41, 5.74) is 2.54. The van der Waals surface area contributed by atoms with Gasteiger partial charge in [0.1, 0.15) is 11.8 Å². The molecule has 0 radical (unpaired) electrons. The lowest BCUT2D eigenvalue weighted by atomic mass is 10.1. The van der Waals surface area contributed by atoms with Gasteiger partial charge in [0.15, 0.2) is 13.2 Å². The van der Waals surface area contributed by atoms with E-state index in [2.05, 4.69) is 5.32 Å². The van der Waals surface area contributed by atoms with Crippen molar-refractivity contribution in [3.63, 3.8) is 0 Å². The zero-order valence-electron chi connectivity index (χ0n) is 14.0. The summed E-state index contributed by atoms with van der Waals surface area (Å²) in [6.45, 7) is 3.03. The van der Waals surface area contributed by atoms with E-state index in [0.29, 0.717) is 17.0 Å². The molecule has 1 amide bonds. The highest BCUT2D eigenvalue weighted by Crippen LogP contribution is 2.22. The molecule has 0 aliphatic rings. The largest absolute Gasteiger partial charge is 0.481 e. The van der Waals surface area contributed by atoms with Crippen LogP contribution in [-0.2, 0) is 14.3 Å². The molecule has 0 heterocycles. The maximum absolute atomic E-state index is 11.8. The Morgan fingerprint density at radius 3 is 2.40 bits per heavy atom. The molecule has 0 bridgehead atoms. The first-order chi connectivity index (χ1) is 12.0. The summed E-state index contributed by atoms with van der Waals surface area (Å²) in [6.07, 6.45) is 0. The van der Waals surface area contributed by atoms with Gasteiger partial charge in [0.05, 0.1) is 11.3 Å². The number of carbonyl (C=O) groups excluding carboxylic acids is 2. The summed E-state index contributed by atoms with van der Waals surface area (Å²) >= 11 is 0. The molecular formula is C19H18N2O4. The number of benzene rings is 2. The summed E-state index contributed by atoms with van der Waals surface area (Å²) < 4.78 is 10.4. The molecule has 25 heavy (non-hydrogen) atoms. The van der Waals surface area contributed by atoms with E-state index in [9.17, 15) is 9.59 Å². The molecule has 6 heteroatoms. The number of carbonyl (C=O) groups is 2. The summed E-state index contributed by atoms with van der Waals surface area (Å²) in [6, 6.07) is 14.2. The zero-order valence-corrected chi connectivity index (χ0v) is 14.0. The molecule has 0 saturated carbocycles. The Hall–Kier alpha value is -3.33. The van der Waals surface area contributed by atoms with Gasteiger partial charge in [-0.05, 0) is 37.1 Å². The van der Waals surface area contributed by atoms with Crippen LogP contribution in [0.4, 0.5) is 5.69 Å². The minimum absolute atomic E-state index is 0.284. The van der Waals surface area contributed by atoms with Crippen LogP contribution >= 0.6 is 0 Å². The van der Waals surface area contributed by atoms with Crippen LogP contribution in [0.25, 0.3) is 0 Å². The van der Waals surface area contributed by atoms with Crippen LogP contribution in [0.15, 0.2) is 42.5 Å². The fourth-order valence-corrected chi connectivity index (χ4v) is 2.22. The number of rotatable bonds is 6. The summed E-state index contributed by atoms with van der Waals surface area (Å²) in [5.74, 6) is -0.540. The van der Waals surface area contributed by atoms with Crippen LogP contribution in [0, 0.1) is 25.2 Å². The van der Waals surface area contributed by atoms with Gasteiger partial charge in [-0.25, -0.2) is 4.79 Å². The zero-order chi connectivity index (χ0) is 18.2. The van der Waals surface area contributed by atoms with Crippen molar-refractivity contribution in [2.24, 2.45) is 0 Å². The first-order valence-electron chi connectivity index (χ1n) is 7.65. The minimum Gasteiger partial charge on any atom is -0.481 e. The van der Waals surface area contributed by atoms with Crippen LogP contribution in [0.3, 0.4) is 0 Å². The van der Waals surface area contributed by atoms with E-state index in [0.717, 1.165) is 11.1 Å². The first kappa shape index (κ1) is 18.0. The van der Waals surface area contributed by atoms with Gasteiger partial charge in [-0.3, -0.25) is 4.79 Å². The SMILES string of the molecule is Cc1cccc(C)c1OCC(=O)OCC(=O)Nc1ccccc1C#N. The molecular weight excluding hydrogens is 320 g/mol. The van der Waals surface area contributed by atoms with Crippen molar-refractivity contribution in [2.45, 2.75) is 13.8 Å². The molecule has 0 saturated heterocycles. The number of para-hydroxylation sites is 2. The van der Waals surface area contributed by atoms with Gasteiger partial charge in [0.2, 0.25) is 0 Å². The lowest BCUT2D eigenvalue weighted by Gasteiger charge is -2.11. The summed E-state index contributed by atoms with van der Waals surface area (Å²) in [5, 5.41) is 11.5. The third kappa shape index (κ3) is 5.08. The molecule has 0 aliphatic carbocycles. The standard InChI is InChI=1S/C19H18N2O4/c1-13-6-5-7-14(2)19(13)25-12-18(23)24-11-17(22)21-16-9-4-3-8-15(16)10-20/h3-9H,11-12H2,1-2H3,(H,21,22). The number of hydrogen-bond acceptors (Lipinski definition) is 5. The van der Waals surface area contributed by atoms with Crippen LogP contribution in [-0.4, -0.2) is 25.1 Å². The number of nitriles is 1. The van der Waals surface area contributed by atoms with Crippen molar-refractivity contribution in [3.8, 4) is 11.8 Å². The average Bonchev–Trinajstić information content (AvgIpc) is 2.60. The Balaban J connectivity index is 1.82. The lowest BCUT2D eigenvalue weighted by molar-refractivity contribution is -0.149. The minimum atomic E-state index is -0.647. The normalized spacial score (nSPS) is 9.80. The van der Waals surface area contributed by atoms with Crippen molar-refractivity contribution < 1.29 is 19.1 Å². The molecule has 0 atom stereocenters. The number of nitrogens with one attached hydrogen (secondary N) is 1. The van der Waals surface area contributed by atoms with Crippen LogP contribution in [0.2, 0.25) is 0 Å². The number of anilines is 1. The summed E-state index contributed by atoms with van der Waals surface area (Å²) in [4.78, 5) is 23.6. The van der Waals surface area contributed by atoms with Crippen molar-refractivity contribution in [1.82, 2.24) is 0 Å². The molecule has 2 aromatic carbocycles. The molecule has 6 nitrogen and oxygen atoms in total.